The van der Waals surface area contributed by atoms with Crippen LogP contribution in [0.1, 0.15) is 71.1 Å². The normalized spacial score (nSPS) is 12.9. The van der Waals surface area contributed by atoms with Gasteiger partial charge in [-0.05, 0) is 12.8 Å². The Morgan fingerprint density at radius 2 is 1.24 bits per heavy atom. The molecule has 0 bridgehead atoms. The fraction of sp³-hybridized carbons (Fsp3) is 1.00. The van der Waals surface area contributed by atoms with E-state index in [1.54, 1.807) is 0 Å². The van der Waals surface area contributed by atoms with Gasteiger partial charge in [-0.3, -0.25) is 0 Å². The summed E-state index contributed by atoms with van der Waals surface area (Å²) in [5.74, 6) is 0. The van der Waals surface area contributed by atoms with Gasteiger partial charge in [0, 0.05) is 0 Å². The Labute approximate surface area is 107 Å². The van der Waals surface area contributed by atoms with Crippen LogP contribution in [-0.4, -0.2) is 24.8 Å². The van der Waals surface area contributed by atoms with Crippen LogP contribution in [0.5, 0.6) is 0 Å². The van der Waals surface area contributed by atoms with Crippen molar-refractivity contribution in [3.63, 3.8) is 0 Å². The minimum Gasteiger partial charge on any atom is -0.634 e. The van der Waals surface area contributed by atoms with Crippen LogP contribution in [0.25, 0.3) is 0 Å². The average Bonchev–Trinajstić information content (AvgIpc) is 2.32. The molecule has 0 aromatic heterocycles. The van der Waals surface area contributed by atoms with Crippen LogP contribution in [0.15, 0.2) is 0 Å². The summed E-state index contributed by atoms with van der Waals surface area (Å²) in [4.78, 5) is 0. The van der Waals surface area contributed by atoms with Gasteiger partial charge >= 0.3 is 0 Å². The van der Waals surface area contributed by atoms with Gasteiger partial charge in [-0.1, -0.05) is 58.3 Å². The molecule has 2 N–H and O–H groups in total. The van der Waals surface area contributed by atoms with Gasteiger partial charge in [-0.2, -0.15) is 0 Å². The van der Waals surface area contributed by atoms with Gasteiger partial charge in [0.15, 0.2) is 0 Å². The zero-order chi connectivity index (χ0) is 12.8. The first kappa shape index (κ1) is 16.9. The SMILES string of the molecule is CCCCCCCCCCCC[NH+]([O-])CCO. The summed E-state index contributed by atoms with van der Waals surface area (Å²) in [7, 11) is 0. The Balaban J connectivity index is 2.98. The molecule has 0 saturated carbocycles. The zero-order valence-corrected chi connectivity index (χ0v) is 11.5. The van der Waals surface area contributed by atoms with Gasteiger partial charge in [0.2, 0.25) is 0 Å². The van der Waals surface area contributed by atoms with Crippen molar-refractivity contribution < 1.29 is 10.2 Å². The Hall–Kier alpha value is -0.120. The van der Waals surface area contributed by atoms with Gasteiger partial charge in [0.05, 0.1) is 13.2 Å². The van der Waals surface area contributed by atoms with Crippen molar-refractivity contribution in [3.05, 3.63) is 5.21 Å². The van der Waals surface area contributed by atoms with Crippen molar-refractivity contribution >= 4 is 0 Å². The van der Waals surface area contributed by atoms with Crippen LogP contribution in [-0.2, 0) is 0 Å². The molecule has 0 aliphatic rings. The van der Waals surface area contributed by atoms with E-state index in [9.17, 15) is 5.21 Å². The average molecular weight is 245 g/mol. The molecule has 1 unspecified atom stereocenters. The molecule has 0 amide bonds. The van der Waals surface area contributed by atoms with Crippen LogP contribution in [0, 0.1) is 5.21 Å². The number of hydrogen-bond acceptors (Lipinski definition) is 2. The molecule has 104 valence electrons. The zero-order valence-electron chi connectivity index (χ0n) is 11.5. The summed E-state index contributed by atoms with van der Waals surface area (Å²) < 4.78 is 0. The van der Waals surface area contributed by atoms with Crippen LogP contribution in [0.3, 0.4) is 0 Å². The number of unbranched alkanes of at least 4 members (excludes halogenated alkanes) is 9. The minimum atomic E-state index is 0.0105. The molecule has 0 rings (SSSR count). The highest BCUT2D eigenvalue weighted by Gasteiger charge is 1.96. The molecule has 3 nitrogen and oxygen atoms in total. The van der Waals surface area contributed by atoms with Crippen molar-refractivity contribution in [3.8, 4) is 0 Å². The van der Waals surface area contributed by atoms with Crippen LogP contribution < -0.4 is 5.06 Å². The van der Waals surface area contributed by atoms with E-state index in [0.29, 0.717) is 13.1 Å². The van der Waals surface area contributed by atoms with Gasteiger partial charge < -0.3 is 15.4 Å². The molecule has 0 aliphatic carbocycles. The molecule has 17 heavy (non-hydrogen) atoms. The number of aliphatic hydroxyl groups excluding tert-OH is 1. The second kappa shape index (κ2) is 13.9. The summed E-state index contributed by atoms with van der Waals surface area (Å²) in [5.41, 5.74) is 0. The van der Waals surface area contributed by atoms with Crippen molar-refractivity contribution in [2.45, 2.75) is 71.1 Å². The molecule has 0 aromatic carbocycles. The minimum absolute atomic E-state index is 0.0105. The fourth-order valence-electron chi connectivity index (χ4n) is 2.06. The van der Waals surface area contributed by atoms with E-state index in [2.05, 4.69) is 6.92 Å². The van der Waals surface area contributed by atoms with E-state index in [4.69, 9.17) is 5.11 Å². The molecule has 3 heteroatoms. The first-order valence-corrected chi connectivity index (χ1v) is 7.43. The maximum Gasteiger partial charge on any atom is 0.100 e. The van der Waals surface area contributed by atoms with Gasteiger partial charge in [0.1, 0.15) is 6.54 Å². The van der Waals surface area contributed by atoms with Crippen molar-refractivity contribution in [2.75, 3.05) is 19.7 Å². The Bertz CT molecular complexity index is 142. The second-order valence-electron chi connectivity index (χ2n) is 4.94. The number of hydrogen-bond donors (Lipinski definition) is 2. The lowest BCUT2D eigenvalue weighted by Gasteiger charge is -2.20. The van der Waals surface area contributed by atoms with Gasteiger partial charge in [0.25, 0.3) is 0 Å². The third kappa shape index (κ3) is 13.8. The maximum absolute atomic E-state index is 11.1. The number of aliphatic hydroxyl groups is 1. The van der Waals surface area contributed by atoms with E-state index in [1.807, 2.05) is 0 Å². The standard InChI is InChI=1S/C14H31NO2/c1-2-3-4-5-6-7-8-9-10-11-12-15(17)13-14-16/h15-16H,2-14H2,1H3. The Morgan fingerprint density at radius 1 is 0.765 bits per heavy atom. The summed E-state index contributed by atoms with van der Waals surface area (Å²) >= 11 is 0. The highest BCUT2D eigenvalue weighted by Crippen LogP contribution is 2.09. The predicted octanol–water partition coefficient (Wildman–Crippen LogP) is 2.28. The molecule has 0 aliphatic heterocycles. The number of quaternary nitrogens is 1. The summed E-state index contributed by atoms with van der Waals surface area (Å²) in [5, 5.41) is 19.9. The van der Waals surface area contributed by atoms with E-state index >= 15 is 0 Å². The van der Waals surface area contributed by atoms with E-state index in [0.717, 1.165) is 6.42 Å². The second-order valence-corrected chi connectivity index (χ2v) is 4.94. The monoisotopic (exact) mass is 245 g/mol. The molecule has 1 atom stereocenters. The van der Waals surface area contributed by atoms with Crippen LogP contribution in [0.4, 0.5) is 0 Å². The molecular weight excluding hydrogens is 214 g/mol. The van der Waals surface area contributed by atoms with E-state index in [-0.39, 0.29) is 11.7 Å². The van der Waals surface area contributed by atoms with Crippen molar-refractivity contribution in [1.29, 1.82) is 0 Å². The molecule has 0 heterocycles. The first-order chi connectivity index (χ1) is 8.31. The van der Waals surface area contributed by atoms with E-state index in [1.165, 1.54) is 57.8 Å². The Kier molecular flexibility index (Phi) is 13.8. The van der Waals surface area contributed by atoms with Gasteiger partial charge in [-0.25, -0.2) is 0 Å². The van der Waals surface area contributed by atoms with Crippen molar-refractivity contribution in [2.24, 2.45) is 0 Å². The molecule has 0 spiro atoms. The molecule has 0 saturated heterocycles. The quantitative estimate of drug-likeness (QED) is 0.386. The highest BCUT2D eigenvalue weighted by molar-refractivity contribution is 4.47. The summed E-state index contributed by atoms with van der Waals surface area (Å²) in [6, 6.07) is 0. The largest absolute Gasteiger partial charge is 0.634 e. The smallest absolute Gasteiger partial charge is 0.100 e. The summed E-state index contributed by atoms with van der Waals surface area (Å²) in [6.07, 6.45) is 13.0. The lowest BCUT2D eigenvalue weighted by atomic mass is 10.1. The van der Waals surface area contributed by atoms with Crippen LogP contribution >= 0.6 is 0 Å². The first-order valence-electron chi connectivity index (χ1n) is 7.43. The third-order valence-electron chi connectivity index (χ3n) is 3.20. The topological polar surface area (TPSA) is 47.7 Å². The molecule has 0 radical (unpaired) electrons. The molecule has 0 aromatic rings. The van der Waals surface area contributed by atoms with Crippen molar-refractivity contribution in [1.82, 2.24) is 0 Å². The summed E-state index contributed by atoms with van der Waals surface area (Å²) in [6.45, 7) is 3.27. The highest BCUT2D eigenvalue weighted by atomic mass is 16.5. The molecule has 0 fully saturated rings. The fourth-order valence-corrected chi connectivity index (χ4v) is 2.06. The maximum atomic E-state index is 11.1. The van der Waals surface area contributed by atoms with Gasteiger partial charge in [-0.15, -0.1) is 0 Å². The predicted molar refractivity (Wildman–Crippen MR) is 73.0 cm³/mol. The molecular formula is C14H31NO2. The third-order valence-corrected chi connectivity index (χ3v) is 3.20. The number of nitrogens with one attached hydrogen (secondary N) is 1. The Morgan fingerprint density at radius 3 is 1.71 bits per heavy atom. The number of rotatable bonds is 13. The lowest BCUT2D eigenvalue weighted by Crippen LogP contribution is -3.07. The number of hydroxylamine groups is 2. The lowest BCUT2D eigenvalue weighted by molar-refractivity contribution is -0.848. The van der Waals surface area contributed by atoms with E-state index < -0.39 is 0 Å². The van der Waals surface area contributed by atoms with Crippen LogP contribution in [0.2, 0.25) is 0 Å².